The number of carbonyl (C=O) groups is 1. The largest absolute Gasteiger partial charge is 0.379 e. The zero-order chi connectivity index (χ0) is 17.9. The van der Waals surface area contributed by atoms with E-state index in [4.69, 9.17) is 4.74 Å². The highest BCUT2D eigenvalue weighted by Crippen LogP contribution is 2.18. The molecule has 0 aliphatic carbocycles. The summed E-state index contributed by atoms with van der Waals surface area (Å²) in [6, 6.07) is 6.22. The maximum Gasteiger partial charge on any atom is 0.265 e. The van der Waals surface area contributed by atoms with Crippen molar-refractivity contribution in [2.24, 2.45) is 0 Å². The molecule has 25 heavy (non-hydrogen) atoms. The van der Waals surface area contributed by atoms with Crippen molar-refractivity contribution < 1.29 is 22.8 Å². The molecule has 1 aromatic carbocycles. The van der Waals surface area contributed by atoms with E-state index < -0.39 is 10.0 Å². The van der Waals surface area contributed by atoms with Gasteiger partial charge in [-0.1, -0.05) is 6.07 Å². The summed E-state index contributed by atoms with van der Waals surface area (Å²) in [5.74, 6) is -0.279. The number of carbonyl (C=O) groups excluding carboxylic acids is 1. The summed E-state index contributed by atoms with van der Waals surface area (Å²) in [5, 5.41) is 1.89. The van der Waals surface area contributed by atoms with Crippen LogP contribution in [0.15, 0.2) is 29.2 Å². The highest BCUT2D eigenvalue weighted by atomic mass is 32.2. The Morgan fingerprint density at radius 2 is 1.84 bits per heavy atom. The summed E-state index contributed by atoms with van der Waals surface area (Å²) in [6.45, 7) is 4.95. The third-order valence-electron chi connectivity index (χ3n) is 4.58. The van der Waals surface area contributed by atoms with Gasteiger partial charge in [0.1, 0.15) is 0 Å². The summed E-state index contributed by atoms with van der Waals surface area (Å²) in [6.07, 6.45) is 0. The Balaban J connectivity index is 1.71. The molecule has 1 amide bonds. The van der Waals surface area contributed by atoms with Gasteiger partial charge in [0.05, 0.1) is 51.3 Å². The highest BCUT2D eigenvalue weighted by molar-refractivity contribution is 7.89. The number of likely N-dealkylation sites (N-methyl/N-ethyl adjacent to an activating group) is 1. The van der Waals surface area contributed by atoms with Crippen LogP contribution in [0, 0.1) is 0 Å². The maximum absolute atomic E-state index is 12.7. The van der Waals surface area contributed by atoms with Crippen molar-refractivity contribution in [3.8, 4) is 0 Å². The van der Waals surface area contributed by atoms with Crippen LogP contribution in [0.5, 0.6) is 0 Å². The molecule has 2 aliphatic rings. The molecule has 1 aromatic rings. The van der Waals surface area contributed by atoms with Gasteiger partial charge in [-0.15, -0.1) is 0 Å². The van der Waals surface area contributed by atoms with Crippen molar-refractivity contribution in [2.75, 3.05) is 59.5 Å². The van der Waals surface area contributed by atoms with Gasteiger partial charge < -0.3 is 9.64 Å². The first kappa shape index (κ1) is 18.3. The van der Waals surface area contributed by atoms with Gasteiger partial charge in [-0.25, -0.2) is 13.4 Å². The van der Waals surface area contributed by atoms with E-state index in [0.717, 1.165) is 26.2 Å². The average molecular weight is 369 g/mol. The van der Waals surface area contributed by atoms with Crippen molar-refractivity contribution in [2.45, 2.75) is 4.90 Å². The monoisotopic (exact) mass is 369 g/mol. The molecule has 2 saturated heterocycles. The van der Waals surface area contributed by atoms with E-state index in [0.29, 0.717) is 31.9 Å². The van der Waals surface area contributed by atoms with Gasteiger partial charge in [-0.3, -0.25) is 10.2 Å². The predicted molar refractivity (Wildman–Crippen MR) is 91.7 cm³/mol. The summed E-state index contributed by atoms with van der Waals surface area (Å²) in [7, 11) is -1.48. The van der Waals surface area contributed by atoms with Crippen LogP contribution >= 0.6 is 0 Å². The number of hydrogen-bond donors (Lipinski definition) is 2. The molecule has 8 nitrogen and oxygen atoms in total. The van der Waals surface area contributed by atoms with E-state index in [1.807, 2.05) is 5.01 Å². The second kappa shape index (κ2) is 7.79. The number of piperazine rings is 1. The minimum Gasteiger partial charge on any atom is -0.379 e. The van der Waals surface area contributed by atoms with E-state index >= 15 is 0 Å². The number of rotatable bonds is 4. The number of benzene rings is 1. The van der Waals surface area contributed by atoms with Crippen molar-refractivity contribution in [1.82, 2.24) is 14.7 Å². The van der Waals surface area contributed by atoms with Crippen molar-refractivity contribution in [1.29, 1.82) is 0 Å². The number of sulfonamides is 1. The van der Waals surface area contributed by atoms with Crippen molar-refractivity contribution in [3.05, 3.63) is 29.8 Å². The maximum atomic E-state index is 12.7. The number of nitrogens with zero attached hydrogens (tertiary/aromatic N) is 2. The van der Waals surface area contributed by atoms with Crippen LogP contribution in [0.2, 0.25) is 0 Å². The fraction of sp³-hybridized carbons (Fsp3) is 0.562. The lowest BCUT2D eigenvalue weighted by atomic mass is 10.2. The molecule has 138 valence electrons. The Hall–Kier alpha value is -1.52. The highest BCUT2D eigenvalue weighted by Gasteiger charge is 2.27. The number of amides is 1. The molecule has 0 unspecified atom stereocenters. The second-order valence-electron chi connectivity index (χ2n) is 6.43. The van der Waals surface area contributed by atoms with E-state index in [1.54, 1.807) is 12.1 Å². The Bertz CT molecular complexity index is 711. The molecular formula is C16H25N4O4S+. The fourth-order valence-corrected chi connectivity index (χ4v) is 4.40. The van der Waals surface area contributed by atoms with E-state index in [9.17, 15) is 13.2 Å². The van der Waals surface area contributed by atoms with Gasteiger partial charge in [-0.2, -0.15) is 4.31 Å². The third kappa shape index (κ3) is 4.36. The predicted octanol–water partition coefficient (Wildman–Crippen LogP) is -1.82. The molecule has 0 aromatic heterocycles. The molecule has 0 radical (unpaired) electrons. The summed E-state index contributed by atoms with van der Waals surface area (Å²) in [4.78, 5) is 14.0. The number of quaternary nitrogens is 1. The zero-order valence-corrected chi connectivity index (χ0v) is 15.2. The lowest BCUT2D eigenvalue weighted by molar-refractivity contribution is -0.884. The third-order valence-corrected chi connectivity index (χ3v) is 6.48. The minimum absolute atomic E-state index is 0.143. The molecule has 2 fully saturated rings. The van der Waals surface area contributed by atoms with Gasteiger partial charge in [0, 0.05) is 18.7 Å². The molecule has 0 bridgehead atoms. The molecule has 2 N–H and O–H groups in total. The molecule has 0 saturated carbocycles. The zero-order valence-electron chi connectivity index (χ0n) is 14.4. The van der Waals surface area contributed by atoms with Crippen molar-refractivity contribution in [3.63, 3.8) is 0 Å². The minimum atomic E-state index is -3.60. The van der Waals surface area contributed by atoms with Crippen LogP contribution in [0.1, 0.15) is 10.4 Å². The van der Waals surface area contributed by atoms with Crippen LogP contribution in [0.25, 0.3) is 0 Å². The van der Waals surface area contributed by atoms with E-state index in [1.165, 1.54) is 21.3 Å². The van der Waals surface area contributed by atoms with E-state index in [-0.39, 0.29) is 10.8 Å². The molecule has 0 atom stereocenters. The molecule has 2 heterocycles. The molecule has 9 heteroatoms. The van der Waals surface area contributed by atoms with E-state index in [2.05, 4.69) is 12.5 Å². The Morgan fingerprint density at radius 3 is 2.52 bits per heavy atom. The van der Waals surface area contributed by atoms with Gasteiger partial charge in [0.25, 0.3) is 5.91 Å². The Labute approximate surface area is 148 Å². The van der Waals surface area contributed by atoms with Crippen LogP contribution in [0.3, 0.4) is 0 Å². The Kier molecular flexibility index (Phi) is 5.70. The average Bonchev–Trinajstić information content (AvgIpc) is 2.64. The van der Waals surface area contributed by atoms with Gasteiger partial charge >= 0.3 is 0 Å². The van der Waals surface area contributed by atoms with Gasteiger partial charge in [0.2, 0.25) is 10.0 Å². The molecular weight excluding hydrogens is 344 g/mol. The molecule has 3 rings (SSSR count). The van der Waals surface area contributed by atoms with Crippen LogP contribution < -0.4 is 10.3 Å². The van der Waals surface area contributed by atoms with Crippen molar-refractivity contribution >= 4 is 15.9 Å². The lowest BCUT2D eigenvalue weighted by Gasteiger charge is -2.30. The SMILES string of the molecule is C[NH+]1CCN(NC(=O)c2cccc(S(=O)(=O)N3CCOCC3)c2)CC1. The first-order valence-corrected chi connectivity index (χ1v) is 9.96. The molecule has 0 spiro atoms. The topological polar surface area (TPSA) is 83.4 Å². The fourth-order valence-electron chi connectivity index (χ4n) is 2.94. The molecule has 2 aliphatic heterocycles. The summed E-state index contributed by atoms with van der Waals surface area (Å²) < 4.78 is 32.0. The smallest absolute Gasteiger partial charge is 0.265 e. The first-order valence-electron chi connectivity index (χ1n) is 8.52. The van der Waals surface area contributed by atoms with Crippen LogP contribution in [-0.2, 0) is 14.8 Å². The number of ether oxygens (including phenoxy) is 1. The van der Waals surface area contributed by atoms with Crippen LogP contribution in [-0.4, -0.2) is 83.2 Å². The normalized spacial score (nSPS) is 21.2. The number of hydrogen-bond acceptors (Lipinski definition) is 5. The second-order valence-corrected chi connectivity index (χ2v) is 8.37. The number of morpholine rings is 1. The van der Waals surface area contributed by atoms with Gasteiger partial charge in [-0.05, 0) is 18.2 Å². The summed E-state index contributed by atoms with van der Waals surface area (Å²) in [5.41, 5.74) is 3.21. The lowest BCUT2D eigenvalue weighted by Crippen LogP contribution is -3.12. The number of nitrogens with one attached hydrogen (secondary N) is 2. The van der Waals surface area contributed by atoms with Gasteiger partial charge in [0.15, 0.2) is 0 Å². The number of hydrazine groups is 1. The Morgan fingerprint density at radius 1 is 1.16 bits per heavy atom. The van der Waals surface area contributed by atoms with Crippen LogP contribution in [0.4, 0.5) is 0 Å². The quantitative estimate of drug-likeness (QED) is 0.653. The summed E-state index contributed by atoms with van der Waals surface area (Å²) >= 11 is 0. The standard InChI is InChI=1S/C16H24N4O4S/c1-18-5-7-19(8-6-18)17-16(21)14-3-2-4-15(13-14)25(22,23)20-9-11-24-12-10-20/h2-4,13H,5-12H2,1H3,(H,17,21)/p+1. The first-order chi connectivity index (χ1) is 12.0.